The Labute approximate surface area is 127 Å². The first-order valence-corrected chi connectivity index (χ1v) is 6.83. The second-order valence-electron chi connectivity index (χ2n) is 4.93. The lowest BCUT2D eigenvalue weighted by Gasteiger charge is -2.26. The first-order chi connectivity index (χ1) is 10.6. The van der Waals surface area contributed by atoms with Gasteiger partial charge in [-0.15, -0.1) is 0 Å². The molecule has 3 heterocycles. The molecule has 1 aliphatic heterocycles. The van der Waals surface area contributed by atoms with Gasteiger partial charge >= 0.3 is 5.97 Å². The van der Waals surface area contributed by atoms with Crippen molar-refractivity contribution in [1.82, 2.24) is 14.8 Å². The molecule has 0 aromatic carbocycles. The summed E-state index contributed by atoms with van der Waals surface area (Å²) < 4.78 is 12.5. The van der Waals surface area contributed by atoms with Gasteiger partial charge in [0.25, 0.3) is 0 Å². The molecule has 22 heavy (non-hydrogen) atoms. The number of carbonyl (C=O) groups excluding carboxylic acids is 1. The number of nitrogens with one attached hydrogen (secondary N) is 1. The predicted molar refractivity (Wildman–Crippen MR) is 79.1 cm³/mol. The van der Waals surface area contributed by atoms with Crippen molar-refractivity contribution < 1.29 is 13.9 Å². The molecule has 7 nitrogen and oxygen atoms in total. The number of rotatable bonds is 4. The zero-order valence-electron chi connectivity index (χ0n) is 12.4. The maximum absolute atomic E-state index is 12.4. The van der Waals surface area contributed by atoms with Crippen molar-refractivity contribution in [2.45, 2.75) is 19.9 Å². The minimum atomic E-state index is -0.509. The van der Waals surface area contributed by atoms with Crippen molar-refractivity contribution in [2.24, 2.45) is 0 Å². The van der Waals surface area contributed by atoms with Gasteiger partial charge in [0.1, 0.15) is 30.5 Å². The van der Waals surface area contributed by atoms with E-state index in [1.54, 1.807) is 11.6 Å². The van der Waals surface area contributed by atoms with Crippen molar-refractivity contribution in [3.63, 3.8) is 0 Å². The summed E-state index contributed by atoms with van der Waals surface area (Å²) in [4.78, 5) is 16.6. The fraction of sp³-hybridized carbons (Fsp3) is 0.267. The zero-order chi connectivity index (χ0) is 15.7. The summed E-state index contributed by atoms with van der Waals surface area (Å²) in [6.07, 6.45) is 2.95. The van der Waals surface area contributed by atoms with Crippen LogP contribution in [0.5, 0.6) is 0 Å². The van der Waals surface area contributed by atoms with Gasteiger partial charge in [-0.2, -0.15) is 10.1 Å². The molecule has 0 aliphatic carbocycles. The molecule has 1 atom stereocenters. The van der Waals surface area contributed by atoms with Gasteiger partial charge in [0, 0.05) is 5.70 Å². The third kappa shape index (κ3) is 2.30. The number of nitrogens with zero attached hydrogens (tertiary/aromatic N) is 3. The number of anilines is 1. The van der Waals surface area contributed by atoms with Gasteiger partial charge in [0.15, 0.2) is 0 Å². The molecule has 0 amide bonds. The fourth-order valence-corrected chi connectivity index (χ4v) is 2.43. The number of allylic oxidation sites excluding steroid dienone is 1. The van der Waals surface area contributed by atoms with E-state index in [1.165, 1.54) is 12.4 Å². The van der Waals surface area contributed by atoms with Gasteiger partial charge < -0.3 is 14.5 Å². The summed E-state index contributed by atoms with van der Waals surface area (Å²) in [7, 11) is 0. The van der Waals surface area contributed by atoms with E-state index in [4.69, 9.17) is 9.15 Å². The SMILES string of the molecule is C=CCOC(=O)C1=C(C)Nc2ncnn2C1c1ccc(C)o1. The molecule has 3 rings (SSSR count). The Kier molecular flexibility index (Phi) is 3.54. The topological polar surface area (TPSA) is 82.2 Å². The molecule has 2 aromatic heterocycles. The van der Waals surface area contributed by atoms with Crippen LogP contribution in [0.2, 0.25) is 0 Å². The van der Waals surface area contributed by atoms with Crippen molar-refractivity contribution in [2.75, 3.05) is 11.9 Å². The molecular formula is C15H16N4O3. The number of aromatic nitrogens is 3. The van der Waals surface area contributed by atoms with Gasteiger partial charge in [-0.25, -0.2) is 9.48 Å². The lowest BCUT2D eigenvalue weighted by molar-refractivity contribution is -0.138. The summed E-state index contributed by atoms with van der Waals surface area (Å²) in [5.41, 5.74) is 1.10. The third-order valence-electron chi connectivity index (χ3n) is 3.38. The van der Waals surface area contributed by atoms with Gasteiger partial charge in [-0.1, -0.05) is 12.7 Å². The average Bonchev–Trinajstić information content (AvgIpc) is 3.11. The Morgan fingerprint density at radius 1 is 1.55 bits per heavy atom. The average molecular weight is 300 g/mol. The number of furan rings is 1. The van der Waals surface area contributed by atoms with Crippen LogP contribution < -0.4 is 5.32 Å². The number of fused-ring (bicyclic) bond motifs is 1. The summed E-state index contributed by atoms with van der Waals surface area (Å²) in [6, 6.07) is 3.16. The molecule has 2 aromatic rings. The number of hydrogen-bond acceptors (Lipinski definition) is 6. The smallest absolute Gasteiger partial charge is 0.338 e. The highest BCUT2D eigenvalue weighted by Gasteiger charge is 2.36. The van der Waals surface area contributed by atoms with Crippen molar-refractivity contribution >= 4 is 11.9 Å². The highest BCUT2D eigenvalue weighted by Crippen LogP contribution is 2.35. The number of hydrogen-bond donors (Lipinski definition) is 1. The Morgan fingerprint density at radius 2 is 2.36 bits per heavy atom. The molecule has 1 N–H and O–H groups in total. The Morgan fingerprint density at radius 3 is 3.05 bits per heavy atom. The van der Waals surface area contributed by atoms with Crippen molar-refractivity contribution in [1.29, 1.82) is 0 Å². The van der Waals surface area contributed by atoms with Gasteiger partial charge in [0.2, 0.25) is 5.95 Å². The predicted octanol–water partition coefficient (Wildman–Crippen LogP) is 2.20. The lowest BCUT2D eigenvalue weighted by atomic mass is 10.0. The largest absolute Gasteiger partial charge is 0.464 e. The van der Waals surface area contributed by atoms with Crippen LogP contribution in [-0.4, -0.2) is 27.3 Å². The highest BCUT2D eigenvalue weighted by atomic mass is 16.5. The summed E-state index contributed by atoms with van der Waals surface area (Å²) in [5, 5.41) is 7.25. The van der Waals surface area contributed by atoms with Crippen LogP contribution in [0.15, 0.2) is 46.8 Å². The summed E-state index contributed by atoms with van der Waals surface area (Å²) in [5.74, 6) is 1.48. The molecule has 1 aliphatic rings. The van der Waals surface area contributed by atoms with Crippen molar-refractivity contribution in [3.8, 4) is 0 Å². The normalized spacial score (nSPS) is 16.9. The van der Waals surface area contributed by atoms with E-state index in [0.717, 1.165) is 5.76 Å². The number of aryl methyl sites for hydroxylation is 1. The monoisotopic (exact) mass is 300 g/mol. The van der Waals surface area contributed by atoms with Crippen LogP contribution in [0.3, 0.4) is 0 Å². The molecule has 1 unspecified atom stereocenters. The van der Waals surface area contributed by atoms with E-state index in [2.05, 4.69) is 22.0 Å². The molecule has 0 spiro atoms. The Balaban J connectivity index is 2.08. The van der Waals surface area contributed by atoms with E-state index in [9.17, 15) is 4.79 Å². The number of ether oxygens (including phenoxy) is 1. The number of esters is 1. The second kappa shape index (κ2) is 5.51. The van der Waals surface area contributed by atoms with E-state index < -0.39 is 12.0 Å². The minimum Gasteiger partial charge on any atom is -0.464 e. The first kappa shape index (κ1) is 14.1. The van der Waals surface area contributed by atoms with Crippen molar-refractivity contribution in [3.05, 3.63) is 53.9 Å². The van der Waals surface area contributed by atoms with Crippen LogP contribution in [0.4, 0.5) is 5.95 Å². The van der Waals surface area contributed by atoms with E-state index in [-0.39, 0.29) is 6.61 Å². The van der Waals surface area contributed by atoms with Gasteiger partial charge in [-0.3, -0.25) is 0 Å². The second-order valence-corrected chi connectivity index (χ2v) is 4.93. The third-order valence-corrected chi connectivity index (χ3v) is 3.38. The quantitative estimate of drug-likeness (QED) is 0.688. The number of carbonyl (C=O) groups is 1. The minimum absolute atomic E-state index is 0.143. The molecule has 114 valence electrons. The van der Waals surface area contributed by atoms with E-state index in [1.807, 2.05) is 19.1 Å². The van der Waals surface area contributed by atoms with Crippen LogP contribution in [-0.2, 0) is 9.53 Å². The van der Waals surface area contributed by atoms with Gasteiger partial charge in [-0.05, 0) is 26.0 Å². The van der Waals surface area contributed by atoms with E-state index >= 15 is 0 Å². The molecule has 0 fully saturated rings. The molecular weight excluding hydrogens is 284 g/mol. The molecule has 0 saturated heterocycles. The summed E-state index contributed by atoms with van der Waals surface area (Å²) in [6.45, 7) is 7.34. The molecule has 0 saturated carbocycles. The van der Waals surface area contributed by atoms with Crippen LogP contribution >= 0.6 is 0 Å². The van der Waals surface area contributed by atoms with Crippen LogP contribution in [0, 0.1) is 6.92 Å². The molecule has 0 radical (unpaired) electrons. The van der Waals surface area contributed by atoms with Crippen LogP contribution in [0.25, 0.3) is 0 Å². The molecule has 0 bridgehead atoms. The standard InChI is InChI=1S/C15H16N4O3/c1-4-7-21-14(20)12-10(3)18-15-16-8-17-19(15)13(12)11-6-5-9(2)22-11/h4-6,8,13H,1,7H2,2-3H3,(H,16,17,18). The van der Waals surface area contributed by atoms with Gasteiger partial charge in [0.05, 0.1) is 5.57 Å². The fourth-order valence-electron chi connectivity index (χ4n) is 2.43. The van der Waals surface area contributed by atoms with Crippen LogP contribution in [0.1, 0.15) is 24.5 Å². The lowest BCUT2D eigenvalue weighted by Crippen LogP contribution is -2.29. The maximum atomic E-state index is 12.4. The molecule has 7 heteroatoms. The Hall–Kier alpha value is -2.83. The summed E-state index contributed by atoms with van der Waals surface area (Å²) >= 11 is 0. The Bertz CT molecular complexity index is 756. The van der Waals surface area contributed by atoms with E-state index in [0.29, 0.717) is 23.0 Å². The highest BCUT2D eigenvalue weighted by molar-refractivity contribution is 5.92. The first-order valence-electron chi connectivity index (χ1n) is 6.83. The zero-order valence-corrected chi connectivity index (χ0v) is 12.4. The maximum Gasteiger partial charge on any atom is 0.338 e.